The van der Waals surface area contributed by atoms with Gasteiger partial charge in [-0.1, -0.05) is 36.0 Å². The molecule has 0 bridgehead atoms. The monoisotopic (exact) mass is 330 g/mol. The number of aliphatic hydroxyl groups excluding tert-OH is 1. The molecule has 0 fully saturated rings. The zero-order chi connectivity index (χ0) is 16.8. The van der Waals surface area contributed by atoms with Gasteiger partial charge in [0.2, 0.25) is 0 Å². The molecule has 22 heavy (non-hydrogen) atoms. The van der Waals surface area contributed by atoms with Gasteiger partial charge >= 0.3 is 6.18 Å². The Hall–Kier alpha value is -1.93. The van der Waals surface area contributed by atoms with Crippen LogP contribution in [0.2, 0.25) is 0 Å². The van der Waals surface area contributed by atoms with Crippen LogP contribution in [-0.4, -0.2) is 34.7 Å². The van der Waals surface area contributed by atoms with E-state index in [0.29, 0.717) is 17.4 Å². The number of aldehydes is 1. The summed E-state index contributed by atoms with van der Waals surface area (Å²) in [6, 6.07) is 7.05. The molecule has 0 aliphatic rings. The van der Waals surface area contributed by atoms with Crippen LogP contribution in [-0.2, 0) is 6.18 Å². The van der Waals surface area contributed by atoms with Gasteiger partial charge in [-0.25, -0.2) is 9.97 Å². The number of carbonyl (C=O) groups is 1. The van der Waals surface area contributed by atoms with Crippen molar-refractivity contribution < 1.29 is 23.1 Å². The number of thioether (sulfide) groups is 1. The molecule has 0 saturated carbocycles. The largest absolute Gasteiger partial charge is 0.433 e. The normalized spacial score (nSPS) is 10.6. The number of carbonyl (C=O) groups excluding carboxylic acids is 1. The summed E-state index contributed by atoms with van der Waals surface area (Å²) < 4.78 is 38.3. The number of benzene rings is 1. The second-order valence-electron chi connectivity index (χ2n) is 3.86. The Balaban J connectivity index is 0.00000116. The molecule has 0 saturated heterocycles. The highest BCUT2D eigenvalue weighted by Crippen LogP contribution is 2.31. The molecule has 0 aliphatic heterocycles. The molecule has 0 aliphatic carbocycles. The van der Waals surface area contributed by atoms with E-state index in [1.165, 1.54) is 12.1 Å². The first-order chi connectivity index (χ1) is 10.4. The van der Waals surface area contributed by atoms with Gasteiger partial charge in [0.25, 0.3) is 0 Å². The lowest BCUT2D eigenvalue weighted by Crippen LogP contribution is -2.10. The summed E-state index contributed by atoms with van der Waals surface area (Å²) in [6.07, 6.45) is -2.25. The number of aromatic nitrogens is 2. The fourth-order valence-electron chi connectivity index (χ4n) is 1.54. The number of rotatable bonds is 3. The van der Waals surface area contributed by atoms with Gasteiger partial charge in [-0.15, -0.1) is 0 Å². The molecule has 4 nitrogen and oxygen atoms in total. The molecule has 0 atom stereocenters. The number of alkyl halides is 3. The first-order valence-corrected chi connectivity index (χ1v) is 7.17. The van der Waals surface area contributed by atoms with Gasteiger partial charge in [-0.05, 0) is 12.3 Å². The molecule has 1 N–H and O–H groups in total. The van der Waals surface area contributed by atoms with Gasteiger partial charge in [-0.2, -0.15) is 13.2 Å². The van der Waals surface area contributed by atoms with Crippen molar-refractivity contribution >= 4 is 18.0 Å². The van der Waals surface area contributed by atoms with Gasteiger partial charge in [0, 0.05) is 18.2 Å². The third kappa shape index (κ3) is 4.54. The smallest absolute Gasteiger partial charge is 0.400 e. The van der Waals surface area contributed by atoms with E-state index >= 15 is 0 Å². The van der Waals surface area contributed by atoms with Crippen LogP contribution in [0, 0.1) is 0 Å². The van der Waals surface area contributed by atoms with E-state index in [1.807, 2.05) is 0 Å². The van der Waals surface area contributed by atoms with Crippen LogP contribution in [0.4, 0.5) is 13.2 Å². The van der Waals surface area contributed by atoms with Crippen molar-refractivity contribution in [1.29, 1.82) is 0 Å². The van der Waals surface area contributed by atoms with Crippen molar-refractivity contribution in [2.24, 2.45) is 0 Å². The Kier molecular flexibility index (Phi) is 6.51. The molecule has 118 valence electrons. The Bertz CT molecular complexity index is 631. The van der Waals surface area contributed by atoms with Gasteiger partial charge < -0.3 is 5.11 Å². The second-order valence-corrected chi connectivity index (χ2v) is 4.64. The summed E-state index contributed by atoms with van der Waals surface area (Å²) in [6.45, 7) is 0. The zero-order valence-electron chi connectivity index (χ0n) is 11.8. The molecule has 2 aromatic rings. The second kappa shape index (κ2) is 7.90. The van der Waals surface area contributed by atoms with Gasteiger partial charge in [-0.3, -0.25) is 4.79 Å². The SMILES string of the molecule is CO.CSc1nc(-c2ccc(C=O)cc2)cc(C(F)(F)F)n1. The number of hydrogen-bond donors (Lipinski definition) is 1. The number of nitrogens with zero attached hydrogens (tertiary/aromatic N) is 2. The number of aliphatic hydroxyl groups is 1. The fraction of sp³-hybridized carbons (Fsp3) is 0.214. The molecule has 0 spiro atoms. The predicted molar refractivity (Wildman–Crippen MR) is 77.8 cm³/mol. The van der Waals surface area contributed by atoms with Crippen LogP contribution in [0.3, 0.4) is 0 Å². The minimum atomic E-state index is -4.52. The molecule has 2 rings (SSSR count). The molecular formula is C14H13F3N2O2S. The van der Waals surface area contributed by atoms with Crippen molar-refractivity contribution in [3.05, 3.63) is 41.6 Å². The van der Waals surface area contributed by atoms with Crippen LogP contribution >= 0.6 is 11.8 Å². The summed E-state index contributed by atoms with van der Waals surface area (Å²) in [5.41, 5.74) is 0.142. The lowest BCUT2D eigenvalue weighted by atomic mass is 10.1. The first-order valence-electron chi connectivity index (χ1n) is 5.94. The molecule has 0 radical (unpaired) electrons. The molecule has 0 unspecified atom stereocenters. The topological polar surface area (TPSA) is 63.1 Å². The fourth-order valence-corrected chi connectivity index (χ4v) is 1.92. The van der Waals surface area contributed by atoms with Crippen molar-refractivity contribution in [3.63, 3.8) is 0 Å². The van der Waals surface area contributed by atoms with E-state index in [4.69, 9.17) is 5.11 Å². The molecule has 1 aromatic carbocycles. The lowest BCUT2D eigenvalue weighted by molar-refractivity contribution is -0.141. The maximum Gasteiger partial charge on any atom is 0.433 e. The summed E-state index contributed by atoms with van der Waals surface area (Å²) in [5, 5.41) is 7.05. The van der Waals surface area contributed by atoms with Crippen LogP contribution in [0.15, 0.2) is 35.5 Å². The Morgan fingerprint density at radius 3 is 2.18 bits per heavy atom. The molecule has 8 heteroatoms. The van der Waals surface area contributed by atoms with Gasteiger partial charge in [0.05, 0.1) is 5.69 Å². The quantitative estimate of drug-likeness (QED) is 0.531. The van der Waals surface area contributed by atoms with Gasteiger partial charge in [0.15, 0.2) is 5.16 Å². The third-order valence-electron chi connectivity index (χ3n) is 2.52. The summed E-state index contributed by atoms with van der Waals surface area (Å²) in [4.78, 5) is 18.1. The Labute approximate surface area is 129 Å². The van der Waals surface area contributed by atoms with E-state index in [9.17, 15) is 18.0 Å². The van der Waals surface area contributed by atoms with E-state index in [1.54, 1.807) is 18.4 Å². The predicted octanol–water partition coefficient (Wildman–Crippen LogP) is 3.31. The summed E-state index contributed by atoms with van der Waals surface area (Å²) >= 11 is 1.04. The Morgan fingerprint density at radius 1 is 1.14 bits per heavy atom. The van der Waals surface area contributed by atoms with Crippen molar-refractivity contribution in [3.8, 4) is 11.3 Å². The maximum absolute atomic E-state index is 12.8. The van der Waals surface area contributed by atoms with E-state index < -0.39 is 11.9 Å². The van der Waals surface area contributed by atoms with E-state index in [2.05, 4.69) is 9.97 Å². The van der Waals surface area contributed by atoms with Crippen LogP contribution in [0.1, 0.15) is 16.1 Å². The van der Waals surface area contributed by atoms with Crippen molar-refractivity contribution in [2.45, 2.75) is 11.3 Å². The average molecular weight is 330 g/mol. The first kappa shape index (κ1) is 18.1. The van der Waals surface area contributed by atoms with Crippen LogP contribution in [0.5, 0.6) is 0 Å². The minimum absolute atomic E-state index is 0.0503. The molecule has 0 amide bonds. The summed E-state index contributed by atoms with van der Waals surface area (Å²) in [7, 11) is 1.00. The van der Waals surface area contributed by atoms with Crippen molar-refractivity contribution in [2.75, 3.05) is 13.4 Å². The zero-order valence-corrected chi connectivity index (χ0v) is 12.6. The lowest BCUT2D eigenvalue weighted by Gasteiger charge is -2.09. The highest BCUT2D eigenvalue weighted by Gasteiger charge is 2.33. The van der Waals surface area contributed by atoms with Crippen LogP contribution in [0.25, 0.3) is 11.3 Å². The maximum atomic E-state index is 12.8. The number of hydrogen-bond acceptors (Lipinski definition) is 5. The molecule has 1 aromatic heterocycles. The molecule has 1 heterocycles. The Morgan fingerprint density at radius 2 is 1.73 bits per heavy atom. The van der Waals surface area contributed by atoms with Crippen LogP contribution < -0.4 is 0 Å². The number of halogens is 3. The highest BCUT2D eigenvalue weighted by atomic mass is 32.2. The minimum Gasteiger partial charge on any atom is -0.400 e. The van der Waals surface area contributed by atoms with Crippen molar-refractivity contribution in [1.82, 2.24) is 9.97 Å². The van der Waals surface area contributed by atoms with E-state index in [0.717, 1.165) is 24.9 Å². The summed E-state index contributed by atoms with van der Waals surface area (Å²) in [5.74, 6) is 0. The van der Waals surface area contributed by atoms with Gasteiger partial charge in [0.1, 0.15) is 12.0 Å². The standard InChI is InChI=1S/C13H9F3N2OS.CH4O/c1-20-12-17-10(6-11(18-12)13(14,15)16)9-4-2-8(7-19)3-5-9;1-2/h2-7H,1H3;2H,1H3. The highest BCUT2D eigenvalue weighted by molar-refractivity contribution is 7.98. The van der Waals surface area contributed by atoms with E-state index in [-0.39, 0.29) is 10.9 Å². The average Bonchev–Trinajstić information content (AvgIpc) is 2.55. The third-order valence-corrected chi connectivity index (χ3v) is 3.07. The molecular weight excluding hydrogens is 317 g/mol.